The van der Waals surface area contributed by atoms with Crippen molar-refractivity contribution in [3.8, 4) is 0 Å². The predicted molar refractivity (Wildman–Crippen MR) is 62.6 cm³/mol. The Morgan fingerprint density at radius 2 is 2.29 bits per heavy atom. The monoisotopic (exact) mass is 235 g/mol. The van der Waals surface area contributed by atoms with Gasteiger partial charge >= 0.3 is 5.97 Å². The van der Waals surface area contributed by atoms with Crippen molar-refractivity contribution in [3.05, 3.63) is 29.2 Å². The van der Waals surface area contributed by atoms with Crippen LogP contribution in [0.25, 0.3) is 12.2 Å². The molecule has 0 atom stereocenters. The number of nitrogens with one attached hydrogen (secondary N) is 2. The van der Waals surface area contributed by atoms with Gasteiger partial charge < -0.3 is 15.4 Å². The first kappa shape index (κ1) is 12.7. The van der Waals surface area contributed by atoms with Crippen molar-refractivity contribution in [2.24, 2.45) is 0 Å². The summed E-state index contributed by atoms with van der Waals surface area (Å²) in [7, 11) is 0. The quantitative estimate of drug-likeness (QED) is 0.623. The molecule has 0 saturated heterocycles. The second-order valence-corrected chi connectivity index (χ2v) is 3.15. The zero-order chi connectivity index (χ0) is 12.8. The van der Waals surface area contributed by atoms with Crippen LogP contribution in [0.2, 0.25) is 0 Å². The minimum atomic E-state index is -1.11. The molecule has 17 heavy (non-hydrogen) atoms. The predicted octanol–water partition coefficient (Wildman–Crippen LogP) is -1.01. The van der Waals surface area contributed by atoms with E-state index in [2.05, 4.69) is 21.9 Å². The van der Waals surface area contributed by atoms with Crippen molar-refractivity contribution in [2.45, 2.75) is 6.92 Å². The van der Waals surface area contributed by atoms with E-state index < -0.39 is 18.4 Å². The van der Waals surface area contributed by atoms with Gasteiger partial charge in [0, 0.05) is 0 Å². The average molecular weight is 235 g/mol. The number of H-pyrrole nitrogens is 1. The van der Waals surface area contributed by atoms with E-state index in [4.69, 9.17) is 5.11 Å². The van der Waals surface area contributed by atoms with Gasteiger partial charge in [0.1, 0.15) is 6.54 Å². The molecule has 0 unspecified atom stereocenters. The number of carbonyl (C=O) groups is 2. The largest absolute Gasteiger partial charge is 0.480 e. The number of allylic oxidation sites excluding steroid dienone is 1. The number of aliphatic carboxylic acids is 1. The molecule has 1 aromatic heterocycles. The topological polar surface area (TPSA) is 95.1 Å². The second-order valence-electron chi connectivity index (χ2n) is 3.15. The van der Waals surface area contributed by atoms with E-state index >= 15 is 0 Å². The van der Waals surface area contributed by atoms with Crippen molar-refractivity contribution in [3.63, 3.8) is 0 Å². The molecule has 0 saturated carbocycles. The third kappa shape index (κ3) is 3.30. The lowest BCUT2D eigenvalue weighted by Gasteiger charge is -1.97. The highest BCUT2D eigenvalue weighted by Gasteiger charge is 2.10. The Morgan fingerprint density at radius 3 is 2.82 bits per heavy atom. The summed E-state index contributed by atoms with van der Waals surface area (Å²) >= 11 is 0. The van der Waals surface area contributed by atoms with E-state index in [1.54, 1.807) is 25.2 Å². The van der Waals surface area contributed by atoms with E-state index in [0.717, 1.165) is 0 Å². The summed E-state index contributed by atoms with van der Waals surface area (Å²) in [5.74, 6) is -1.59. The molecule has 0 aromatic carbocycles. The fraction of sp³-hybridized carbons (Fsp3) is 0.182. The number of carboxylic acids is 1. The molecule has 0 fully saturated rings. The summed E-state index contributed by atoms with van der Waals surface area (Å²) in [6.45, 7) is 4.90. The zero-order valence-corrected chi connectivity index (χ0v) is 9.36. The molecule has 3 N–H and O–H groups in total. The highest BCUT2D eigenvalue weighted by atomic mass is 16.4. The lowest BCUT2D eigenvalue weighted by Crippen LogP contribution is -2.30. The van der Waals surface area contributed by atoms with Gasteiger partial charge in [-0.2, -0.15) is 0 Å². The van der Waals surface area contributed by atoms with Crippen LogP contribution in [-0.2, 0) is 4.79 Å². The Bertz CT molecular complexity index is 557. The fourth-order valence-electron chi connectivity index (χ4n) is 1.21. The summed E-state index contributed by atoms with van der Waals surface area (Å²) in [5.41, 5.74) is 0. The molecule has 1 heterocycles. The first-order valence-electron chi connectivity index (χ1n) is 4.93. The summed E-state index contributed by atoms with van der Waals surface area (Å²) in [5, 5.41) is 11.9. The summed E-state index contributed by atoms with van der Waals surface area (Å²) in [4.78, 5) is 28.6. The number of hydrogen-bond acceptors (Lipinski definition) is 3. The molecule has 0 aliphatic carbocycles. The average Bonchev–Trinajstić information content (AvgIpc) is 2.69. The number of aromatic nitrogens is 2. The Labute approximate surface area is 97.4 Å². The van der Waals surface area contributed by atoms with E-state index in [1.807, 2.05) is 0 Å². The van der Waals surface area contributed by atoms with Gasteiger partial charge in [0.05, 0.1) is 10.7 Å². The molecular weight excluding hydrogens is 222 g/mol. The molecule has 6 nitrogen and oxygen atoms in total. The minimum absolute atomic E-state index is 0.0763. The summed E-state index contributed by atoms with van der Waals surface area (Å²) in [6.07, 6.45) is 4.98. The maximum atomic E-state index is 11.5. The molecule has 90 valence electrons. The van der Waals surface area contributed by atoms with Crippen LogP contribution in [0.15, 0.2) is 12.7 Å². The lowest BCUT2D eigenvalue weighted by molar-refractivity contribution is -0.135. The zero-order valence-electron chi connectivity index (χ0n) is 9.36. The van der Waals surface area contributed by atoms with Crippen molar-refractivity contribution < 1.29 is 14.7 Å². The number of rotatable bonds is 4. The van der Waals surface area contributed by atoms with Crippen LogP contribution in [0.5, 0.6) is 0 Å². The van der Waals surface area contributed by atoms with Crippen molar-refractivity contribution in [2.75, 3.05) is 6.54 Å². The van der Waals surface area contributed by atoms with Crippen LogP contribution in [0.4, 0.5) is 0 Å². The number of imidazole rings is 1. The number of aromatic amines is 1. The van der Waals surface area contributed by atoms with Crippen LogP contribution in [0.1, 0.15) is 17.5 Å². The van der Waals surface area contributed by atoms with Gasteiger partial charge in [-0.05, 0) is 13.0 Å². The molecule has 0 aliphatic rings. The van der Waals surface area contributed by atoms with Crippen molar-refractivity contribution >= 4 is 24.0 Å². The lowest BCUT2D eigenvalue weighted by atomic mass is 10.4. The van der Waals surface area contributed by atoms with Crippen LogP contribution in [-0.4, -0.2) is 33.5 Å². The van der Waals surface area contributed by atoms with Crippen LogP contribution in [0, 0.1) is 0 Å². The molecule has 0 radical (unpaired) electrons. The van der Waals surface area contributed by atoms with Crippen molar-refractivity contribution in [1.82, 2.24) is 15.3 Å². The summed E-state index contributed by atoms with van der Waals surface area (Å²) < 4.78 is 0. The molecule has 0 aliphatic heterocycles. The van der Waals surface area contributed by atoms with Gasteiger partial charge in [-0.3, -0.25) is 9.59 Å². The van der Waals surface area contributed by atoms with Gasteiger partial charge in [0.2, 0.25) is 0 Å². The Kier molecular flexibility index (Phi) is 4.21. The van der Waals surface area contributed by atoms with E-state index in [9.17, 15) is 9.59 Å². The maximum absolute atomic E-state index is 11.5. The smallest absolute Gasteiger partial charge is 0.322 e. The maximum Gasteiger partial charge on any atom is 0.322 e. The number of carbonyl (C=O) groups excluding carboxylic acids is 1. The van der Waals surface area contributed by atoms with Gasteiger partial charge in [0.15, 0.2) is 5.82 Å². The Hall–Kier alpha value is -2.37. The highest BCUT2D eigenvalue weighted by Crippen LogP contribution is 1.81. The molecular formula is C11H13N3O3. The third-order valence-electron chi connectivity index (χ3n) is 1.93. The number of amides is 1. The Morgan fingerprint density at radius 1 is 1.59 bits per heavy atom. The van der Waals surface area contributed by atoms with Gasteiger partial charge in [-0.15, -0.1) is 0 Å². The van der Waals surface area contributed by atoms with Crippen molar-refractivity contribution in [1.29, 1.82) is 0 Å². The molecule has 1 amide bonds. The SMILES string of the molecule is C=C/C=c1/[nH]c(C(=O)NCC(=O)O)n/c1=C/C. The van der Waals surface area contributed by atoms with Crippen LogP contribution < -0.4 is 16.0 Å². The molecule has 1 aromatic rings. The number of carboxylic acid groups (broad SMARTS) is 1. The minimum Gasteiger partial charge on any atom is -0.480 e. The standard InChI is InChI=1S/C11H13N3O3/c1-3-5-8-7(4-2)13-10(14-8)11(17)12-6-9(15)16/h3-5H,1,6H2,2H3,(H,12,17)(H,13,14)(H,15,16)/b7-4+,8-5+. The van der Waals surface area contributed by atoms with Crippen LogP contribution in [0.3, 0.4) is 0 Å². The fourth-order valence-corrected chi connectivity index (χ4v) is 1.21. The molecule has 0 spiro atoms. The first-order chi connectivity index (χ1) is 8.08. The van der Waals surface area contributed by atoms with Gasteiger partial charge in [-0.25, -0.2) is 4.98 Å². The number of nitrogens with zero attached hydrogens (tertiary/aromatic N) is 1. The normalized spacial score (nSPS) is 12.5. The third-order valence-corrected chi connectivity index (χ3v) is 1.93. The first-order valence-corrected chi connectivity index (χ1v) is 4.93. The summed E-state index contributed by atoms with van der Waals surface area (Å²) in [6, 6.07) is 0. The molecule has 1 rings (SSSR count). The van der Waals surface area contributed by atoms with E-state index in [1.165, 1.54) is 0 Å². The second kappa shape index (κ2) is 5.64. The van der Waals surface area contributed by atoms with Gasteiger partial charge in [0.25, 0.3) is 5.91 Å². The molecule has 0 bridgehead atoms. The Balaban J connectivity index is 3.01. The number of hydrogen-bond donors (Lipinski definition) is 3. The molecule has 6 heteroatoms. The van der Waals surface area contributed by atoms with Crippen LogP contribution >= 0.6 is 0 Å². The van der Waals surface area contributed by atoms with Gasteiger partial charge in [-0.1, -0.05) is 18.7 Å². The van der Waals surface area contributed by atoms with E-state index in [0.29, 0.717) is 10.7 Å². The highest BCUT2D eigenvalue weighted by molar-refractivity contribution is 5.92. The van der Waals surface area contributed by atoms with E-state index in [-0.39, 0.29) is 5.82 Å².